The van der Waals surface area contributed by atoms with Gasteiger partial charge in [0, 0.05) is 12.5 Å². The maximum absolute atomic E-state index is 5.88. The van der Waals surface area contributed by atoms with E-state index in [1.807, 2.05) is 0 Å². The summed E-state index contributed by atoms with van der Waals surface area (Å²) in [5, 5.41) is 0. The van der Waals surface area contributed by atoms with Gasteiger partial charge in [0.1, 0.15) is 0 Å². The Labute approximate surface area is 88.0 Å². The summed E-state index contributed by atoms with van der Waals surface area (Å²) in [7, 11) is 0. The zero-order valence-corrected chi connectivity index (χ0v) is 9.96. The molecule has 2 nitrogen and oxygen atoms in total. The molecule has 0 aliphatic heterocycles. The molecule has 0 heterocycles. The molecule has 2 N–H and O–H groups in total. The van der Waals surface area contributed by atoms with Gasteiger partial charge in [-0.15, -0.1) is 0 Å². The molecule has 14 heavy (non-hydrogen) atoms. The first-order valence-corrected chi connectivity index (χ1v) is 5.82. The number of hydrogen-bond acceptors (Lipinski definition) is 1. The maximum Gasteiger partial charge on any atom is 0.0968 e. The largest absolute Gasteiger partial charge is 0.387 e. The topological polar surface area (TPSA) is 38.4 Å². The van der Waals surface area contributed by atoms with Crippen molar-refractivity contribution in [2.24, 2.45) is 34.4 Å². The molecular formula is C12H24N2. The van der Waals surface area contributed by atoms with Crippen LogP contribution in [0.25, 0.3) is 0 Å². The van der Waals surface area contributed by atoms with Crippen LogP contribution in [0.2, 0.25) is 0 Å². The van der Waals surface area contributed by atoms with Gasteiger partial charge in [0.25, 0.3) is 0 Å². The third kappa shape index (κ3) is 3.32. The predicted octanol–water partition coefficient (Wildman–Crippen LogP) is 2.68. The maximum atomic E-state index is 5.88. The van der Waals surface area contributed by atoms with Crippen LogP contribution in [0.3, 0.4) is 0 Å². The summed E-state index contributed by atoms with van der Waals surface area (Å²) in [5.74, 6) is 3.59. The molecule has 0 spiro atoms. The number of amidine groups is 1. The molecule has 1 fully saturated rings. The monoisotopic (exact) mass is 196 g/mol. The van der Waals surface area contributed by atoms with Crippen LogP contribution >= 0.6 is 0 Å². The Kier molecular flexibility index (Phi) is 3.97. The van der Waals surface area contributed by atoms with Crippen molar-refractivity contribution in [1.29, 1.82) is 0 Å². The summed E-state index contributed by atoms with van der Waals surface area (Å²) in [6.07, 6.45) is 2.51. The van der Waals surface area contributed by atoms with Gasteiger partial charge in [-0.3, -0.25) is 4.99 Å². The van der Waals surface area contributed by atoms with E-state index >= 15 is 0 Å². The molecule has 0 atom stereocenters. The minimum absolute atomic E-state index is 0.620. The van der Waals surface area contributed by atoms with Crippen LogP contribution in [0.4, 0.5) is 0 Å². The minimum Gasteiger partial charge on any atom is -0.387 e. The minimum atomic E-state index is 0.620. The summed E-state index contributed by atoms with van der Waals surface area (Å²) in [6, 6.07) is 0. The molecule has 0 aromatic heterocycles. The van der Waals surface area contributed by atoms with Gasteiger partial charge in [-0.25, -0.2) is 0 Å². The van der Waals surface area contributed by atoms with Crippen LogP contribution in [-0.2, 0) is 0 Å². The van der Waals surface area contributed by atoms with Crippen molar-refractivity contribution < 1.29 is 0 Å². The normalized spacial score (nSPS) is 18.6. The van der Waals surface area contributed by atoms with E-state index in [2.05, 4.69) is 32.7 Å². The van der Waals surface area contributed by atoms with Crippen molar-refractivity contribution in [2.75, 3.05) is 6.54 Å². The Morgan fingerprint density at radius 2 is 1.71 bits per heavy atom. The first-order valence-electron chi connectivity index (χ1n) is 5.82. The van der Waals surface area contributed by atoms with Crippen molar-refractivity contribution in [1.82, 2.24) is 0 Å². The molecule has 0 unspecified atom stereocenters. The second-order valence-electron chi connectivity index (χ2n) is 5.19. The van der Waals surface area contributed by atoms with E-state index in [-0.39, 0.29) is 0 Å². The molecule has 2 heteroatoms. The highest BCUT2D eigenvalue weighted by atomic mass is 14.9. The number of hydrogen-bond donors (Lipinski definition) is 1. The first-order chi connectivity index (χ1) is 6.52. The Bertz CT molecular complexity index is 194. The van der Waals surface area contributed by atoms with E-state index in [1.165, 1.54) is 12.8 Å². The van der Waals surface area contributed by atoms with Crippen molar-refractivity contribution >= 4 is 5.84 Å². The van der Waals surface area contributed by atoms with Gasteiger partial charge < -0.3 is 5.73 Å². The fraction of sp³-hybridized carbons (Fsp3) is 0.917. The van der Waals surface area contributed by atoms with Gasteiger partial charge in [-0.2, -0.15) is 0 Å². The van der Waals surface area contributed by atoms with Gasteiger partial charge in [-0.1, -0.05) is 27.7 Å². The predicted molar refractivity (Wildman–Crippen MR) is 62.4 cm³/mol. The fourth-order valence-corrected chi connectivity index (χ4v) is 1.91. The molecule has 0 bridgehead atoms. The lowest BCUT2D eigenvalue weighted by Crippen LogP contribution is -2.22. The average molecular weight is 196 g/mol. The zero-order valence-electron chi connectivity index (χ0n) is 9.96. The molecule has 0 amide bonds. The van der Waals surface area contributed by atoms with Crippen LogP contribution in [0.5, 0.6) is 0 Å². The molecular weight excluding hydrogens is 172 g/mol. The number of nitrogens with zero attached hydrogens (tertiary/aromatic N) is 1. The molecule has 82 valence electrons. The summed E-state index contributed by atoms with van der Waals surface area (Å²) in [5.41, 5.74) is 5.88. The van der Waals surface area contributed by atoms with E-state index in [0.29, 0.717) is 23.7 Å². The van der Waals surface area contributed by atoms with Gasteiger partial charge >= 0.3 is 0 Å². The summed E-state index contributed by atoms with van der Waals surface area (Å²) < 4.78 is 0. The quantitative estimate of drug-likeness (QED) is 0.533. The molecule has 0 saturated heterocycles. The van der Waals surface area contributed by atoms with Crippen molar-refractivity contribution in [3.8, 4) is 0 Å². The Balaban J connectivity index is 2.42. The summed E-state index contributed by atoms with van der Waals surface area (Å²) >= 11 is 0. The number of rotatable bonds is 5. The Hall–Kier alpha value is -0.530. The van der Waals surface area contributed by atoms with E-state index in [4.69, 9.17) is 5.73 Å². The van der Waals surface area contributed by atoms with Gasteiger partial charge in [0.15, 0.2) is 0 Å². The first kappa shape index (κ1) is 11.5. The second kappa shape index (κ2) is 4.81. The average Bonchev–Trinajstić information content (AvgIpc) is 2.84. The lowest BCUT2D eigenvalue weighted by Gasteiger charge is -2.22. The highest BCUT2D eigenvalue weighted by molar-refractivity contribution is 5.84. The van der Waals surface area contributed by atoms with Crippen LogP contribution < -0.4 is 5.73 Å². The van der Waals surface area contributed by atoms with Crippen LogP contribution in [0, 0.1) is 23.7 Å². The fourth-order valence-electron chi connectivity index (χ4n) is 1.91. The molecule has 1 saturated carbocycles. The standard InChI is InChI=1S/C12H24N2/c1-8(2)11(9(3)4)7-14-12(13)10-5-6-10/h8-11H,5-7H2,1-4H3,(H2,13,14). The van der Waals surface area contributed by atoms with Crippen molar-refractivity contribution in [2.45, 2.75) is 40.5 Å². The molecule has 1 aliphatic rings. The third-order valence-corrected chi connectivity index (χ3v) is 3.19. The molecule has 1 rings (SSSR count). The number of nitrogens with two attached hydrogens (primary N) is 1. The lowest BCUT2D eigenvalue weighted by atomic mass is 9.86. The smallest absolute Gasteiger partial charge is 0.0968 e. The van der Waals surface area contributed by atoms with E-state index in [0.717, 1.165) is 12.4 Å². The van der Waals surface area contributed by atoms with Crippen molar-refractivity contribution in [3.63, 3.8) is 0 Å². The highest BCUT2D eigenvalue weighted by Gasteiger charge is 2.26. The van der Waals surface area contributed by atoms with E-state index < -0.39 is 0 Å². The summed E-state index contributed by atoms with van der Waals surface area (Å²) in [6.45, 7) is 10.00. The van der Waals surface area contributed by atoms with Crippen LogP contribution in [0.15, 0.2) is 4.99 Å². The third-order valence-electron chi connectivity index (χ3n) is 3.19. The molecule has 0 aromatic carbocycles. The lowest BCUT2D eigenvalue weighted by molar-refractivity contribution is 0.297. The van der Waals surface area contributed by atoms with Gasteiger partial charge in [-0.05, 0) is 30.6 Å². The summed E-state index contributed by atoms with van der Waals surface area (Å²) in [4.78, 5) is 4.52. The Morgan fingerprint density at radius 3 is 2.07 bits per heavy atom. The molecule has 0 aromatic rings. The SMILES string of the molecule is CC(C)C(CN=C(N)C1CC1)C(C)C. The van der Waals surface area contributed by atoms with Crippen LogP contribution in [0.1, 0.15) is 40.5 Å². The Morgan fingerprint density at radius 1 is 1.21 bits per heavy atom. The van der Waals surface area contributed by atoms with Crippen LogP contribution in [-0.4, -0.2) is 12.4 Å². The van der Waals surface area contributed by atoms with E-state index in [9.17, 15) is 0 Å². The second-order valence-corrected chi connectivity index (χ2v) is 5.19. The zero-order chi connectivity index (χ0) is 10.7. The van der Waals surface area contributed by atoms with Gasteiger partial charge in [0.2, 0.25) is 0 Å². The van der Waals surface area contributed by atoms with E-state index in [1.54, 1.807) is 0 Å². The number of aliphatic imine (C=N–C) groups is 1. The molecule has 0 radical (unpaired) electrons. The molecule has 1 aliphatic carbocycles. The van der Waals surface area contributed by atoms with Gasteiger partial charge in [0.05, 0.1) is 5.84 Å². The van der Waals surface area contributed by atoms with Crippen molar-refractivity contribution in [3.05, 3.63) is 0 Å². The highest BCUT2D eigenvalue weighted by Crippen LogP contribution is 2.29.